The van der Waals surface area contributed by atoms with Crippen LogP contribution in [-0.4, -0.2) is 52.5 Å². The van der Waals surface area contributed by atoms with Crippen molar-refractivity contribution in [2.45, 2.75) is 123 Å². The van der Waals surface area contributed by atoms with Crippen molar-refractivity contribution in [2.75, 3.05) is 6.61 Å². The van der Waals surface area contributed by atoms with Gasteiger partial charge in [-0.3, -0.25) is 4.79 Å². The van der Waals surface area contributed by atoms with Crippen molar-refractivity contribution in [3.63, 3.8) is 0 Å². The lowest BCUT2D eigenvalue weighted by molar-refractivity contribution is -0.207. The van der Waals surface area contributed by atoms with Crippen molar-refractivity contribution >= 4 is 5.97 Å². The number of carbonyl (C=O) groups excluding carboxylic acids is 1. The summed E-state index contributed by atoms with van der Waals surface area (Å²) in [5.74, 6) is 1.58. The van der Waals surface area contributed by atoms with Crippen molar-refractivity contribution in [1.29, 1.82) is 0 Å². The Bertz CT molecular complexity index is 743. The van der Waals surface area contributed by atoms with Crippen LogP contribution in [0.5, 0.6) is 0 Å². The lowest BCUT2D eigenvalue weighted by Gasteiger charge is -2.63. The lowest BCUT2D eigenvalue weighted by atomic mass is 9.43. The van der Waals surface area contributed by atoms with E-state index in [0.29, 0.717) is 42.6 Å². The van der Waals surface area contributed by atoms with E-state index in [-0.39, 0.29) is 34.9 Å². The molecule has 4 rings (SSSR count). The van der Waals surface area contributed by atoms with Crippen LogP contribution in [0.25, 0.3) is 0 Å². The fraction of sp³-hybridized carbons (Fsp3) is 0.966. The van der Waals surface area contributed by atoms with Crippen LogP contribution in [0.15, 0.2) is 0 Å². The van der Waals surface area contributed by atoms with Crippen molar-refractivity contribution in [2.24, 2.45) is 46.3 Å². The van der Waals surface area contributed by atoms with Gasteiger partial charge in [0, 0.05) is 6.42 Å². The van der Waals surface area contributed by atoms with E-state index in [2.05, 4.69) is 20.8 Å². The van der Waals surface area contributed by atoms with Gasteiger partial charge in [0.15, 0.2) is 6.29 Å². The number of rotatable bonds is 8. The first kappa shape index (κ1) is 27.3. The van der Waals surface area contributed by atoms with E-state index < -0.39 is 12.4 Å². The molecule has 0 spiro atoms. The highest BCUT2D eigenvalue weighted by Gasteiger charge is 2.65. The molecule has 0 bridgehead atoms. The molecule has 202 valence electrons. The van der Waals surface area contributed by atoms with E-state index in [1.807, 2.05) is 6.92 Å². The number of ether oxygens (including phenoxy) is 2. The van der Waals surface area contributed by atoms with Crippen molar-refractivity contribution in [1.82, 2.24) is 0 Å². The van der Waals surface area contributed by atoms with Gasteiger partial charge in [-0.1, -0.05) is 27.7 Å². The molecule has 4 aliphatic carbocycles. The fourth-order valence-electron chi connectivity index (χ4n) is 9.24. The standard InChI is InChI=1S/C29H50O6/c1-6-13-34-18(3)35-26(33)10-7-17(2)21-8-9-22-27-23(16-25(32)29(21,22)5)28(4)12-11-20(30)14-19(28)15-24(27)31/h17-25,27,30-32H,6-16H2,1-5H3/t17-,18?,19+,20-,21-,22+,23+,24-,25+,27+,28+,29-/m1/s1. The van der Waals surface area contributed by atoms with E-state index >= 15 is 0 Å². The molecular formula is C29H50O6. The summed E-state index contributed by atoms with van der Waals surface area (Å²) < 4.78 is 10.9. The second kappa shape index (κ2) is 10.6. The van der Waals surface area contributed by atoms with E-state index in [4.69, 9.17) is 9.47 Å². The molecule has 4 aliphatic rings. The lowest BCUT2D eigenvalue weighted by Crippen LogP contribution is -2.62. The first-order chi connectivity index (χ1) is 16.5. The second-order valence-electron chi connectivity index (χ2n) is 13.0. The number of esters is 1. The van der Waals surface area contributed by atoms with Crippen LogP contribution in [0.2, 0.25) is 0 Å². The maximum absolute atomic E-state index is 12.4. The molecule has 6 nitrogen and oxygen atoms in total. The largest absolute Gasteiger partial charge is 0.436 e. The third-order valence-electron chi connectivity index (χ3n) is 11.2. The summed E-state index contributed by atoms with van der Waals surface area (Å²) in [4.78, 5) is 12.4. The van der Waals surface area contributed by atoms with Gasteiger partial charge in [-0.2, -0.15) is 0 Å². The number of aliphatic hydroxyl groups is 3. The molecule has 0 aromatic rings. The molecule has 4 saturated carbocycles. The zero-order valence-corrected chi connectivity index (χ0v) is 22.6. The van der Waals surface area contributed by atoms with E-state index in [1.165, 1.54) is 0 Å². The Morgan fingerprint density at radius 1 is 1.03 bits per heavy atom. The average molecular weight is 495 g/mol. The van der Waals surface area contributed by atoms with Gasteiger partial charge >= 0.3 is 5.97 Å². The Balaban J connectivity index is 1.43. The maximum atomic E-state index is 12.4. The molecule has 35 heavy (non-hydrogen) atoms. The maximum Gasteiger partial charge on any atom is 0.308 e. The number of fused-ring (bicyclic) bond motifs is 5. The van der Waals surface area contributed by atoms with Crippen molar-refractivity contribution in [3.05, 3.63) is 0 Å². The zero-order valence-electron chi connectivity index (χ0n) is 22.6. The van der Waals surface area contributed by atoms with Gasteiger partial charge < -0.3 is 24.8 Å². The number of hydrogen-bond acceptors (Lipinski definition) is 6. The average Bonchev–Trinajstić information content (AvgIpc) is 3.16. The molecule has 12 atom stereocenters. The Labute approximate surface area is 212 Å². The fourth-order valence-corrected chi connectivity index (χ4v) is 9.24. The van der Waals surface area contributed by atoms with Gasteiger partial charge in [-0.05, 0) is 111 Å². The Kier molecular flexibility index (Phi) is 8.27. The molecule has 0 saturated heterocycles. The molecule has 0 aromatic carbocycles. The van der Waals surface area contributed by atoms with Gasteiger partial charge in [-0.25, -0.2) is 0 Å². The third kappa shape index (κ3) is 4.94. The molecule has 0 aromatic heterocycles. The summed E-state index contributed by atoms with van der Waals surface area (Å²) in [6, 6.07) is 0. The minimum atomic E-state index is -0.512. The second-order valence-corrected chi connectivity index (χ2v) is 13.0. The predicted molar refractivity (Wildman–Crippen MR) is 134 cm³/mol. The van der Waals surface area contributed by atoms with Crippen LogP contribution in [0.1, 0.15) is 98.8 Å². The molecule has 0 aliphatic heterocycles. The first-order valence-electron chi connectivity index (χ1n) is 14.4. The predicted octanol–water partition coefficient (Wildman–Crippen LogP) is 4.68. The monoisotopic (exact) mass is 494 g/mol. The molecule has 0 heterocycles. The number of hydrogen-bond donors (Lipinski definition) is 3. The minimum absolute atomic E-state index is 0.0927. The Morgan fingerprint density at radius 2 is 1.77 bits per heavy atom. The SMILES string of the molecule is CCCOC(C)OC(=O)CC[C@@H](C)[C@H]1CC[C@H]2[C@@H]3[C@H](O)C[C@@H]4C[C@H](O)CC[C@]4(C)[C@H]3C[C@H](O)[C@]12C. The van der Waals surface area contributed by atoms with Crippen LogP contribution < -0.4 is 0 Å². The molecule has 1 unspecified atom stereocenters. The Morgan fingerprint density at radius 3 is 2.49 bits per heavy atom. The highest BCUT2D eigenvalue weighted by molar-refractivity contribution is 5.69. The van der Waals surface area contributed by atoms with E-state index in [1.54, 1.807) is 6.92 Å². The summed E-state index contributed by atoms with van der Waals surface area (Å²) in [7, 11) is 0. The minimum Gasteiger partial charge on any atom is -0.436 e. The molecular weight excluding hydrogens is 444 g/mol. The number of aliphatic hydroxyl groups excluding tert-OH is 3. The smallest absolute Gasteiger partial charge is 0.308 e. The quantitative estimate of drug-likeness (QED) is 0.335. The van der Waals surface area contributed by atoms with E-state index in [0.717, 1.165) is 57.8 Å². The van der Waals surface area contributed by atoms with Crippen LogP contribution in [0.4, 0.5) is 0 Å². The molecule has 3 N–H and O–H groups in total. The summed E-state index contributed by atoms with van der Waals surface area (Å²) in [5.41, 5.74) is -0.143. The van der Waals surface area contributed by atoms with Gasteiger partial charge in [0.2, 0.25) is 0 Å². The topological polar surface area (TPSA) is 96.2 Å². The molecule has 0 radical (unpaired) electrons. The third-order valence-corrected chi connectivity index (χ3v) is 11.2. The van der Waals surface area contributed by atoms with Gasteiger partial charge in [0.05, 0.1) is 24.9 Å². The van der Waals surface area contributed by atoms with Gasteiger partial charge in [0.25, 0.3) is 0 Å². The number of carbonyl (C=O) groups is 1. The summed E-state index contributed by atoms with van der Waals surface area (Å²) >= 11 is 0. The molecule has 0 amide bonds. The highest BCUT2D eigenvalue weighted by atomic mass is 16.7. The van der Waals surface area contributed by atoms with Crippen molar-refractivity contribution < 1.29 is 29.6 Å². The van der Waals surface area contributed by atoms with Crippen LogP contribution in [0, 0.1) is 46.3 Å². The summed E-state index contributed by atoms with van der Waals surface area (Å²) in [5, 5.41) is 33.4. The molecule has 6 heteroatoms. The van der Waals surface area contributed by atoms with Crippen LogP contribution in [0.3, 0.4) is 0 Å². The zero-order chi connectivity index (χ0) is 25.5. The van der Waals surface area contributed by atoms with Gasteiger partial charge in [0.1, 0.15) is 0 Å². The van der Waals surface area contributed by atoms with Gasteiger partial charge in [-0.15, -0.1) is 0 Å². The molecule has 4 fully saturated rings. The van der Waals surface area contributed by atoms with Crippen LogP contribution in [-0.2, 0) is 14.3 Å². The summed E-state index contributed by atoms with van der Waals surface area (Å²) in [6.07, 6.45) is 6.70. The highest BCUT2D eigenvalue weighted by Crippen LogP contribution is 2.68. The normalized spacial score (nSPS) is 46.7. The van der Waals surface area contributed by atoms with Crippen LogP contribution >= 0.6 is 0 Å². The van der Waals surface area contributed by atoms with E-state index in [9.17, 15) is 20.1 Å². The Hall–Kier alpha value is -0.690. The summed E-state index contributed by atoms with van der Waals surface area (Å²) in [6.45, 7) is 11.2. The van der Waals surface area contributed by atoms with Crippen molar-refractivity contribution in [3.8, 4) is 0 Å². The first-order valence-corrected chi connectivity index (χ1v) is 14.4.